The lowest BCUT2D eigenvalue weighted by atomic mass is 10.1. The number of amides is 1. The van der Waals surface area contributed by atoms with Crippen LogP contribution in [-0.4, -0.2) is 10.9 Å². The monoisotopic (exact) mass is 413 g/mol. The van der Waals surface area contributed by atoms with Gasteiger partial charge in [-0.25, -0.2) is 4.98 Å². The van der Waals surface area contributed by atoms with Crippen molar-refractivity contribution in [3.63, 3.8) is 0 Å². The van der Waals surface area contributed by atoms with Crippen LogP contribution in [0.1, 0.15) is 15.2 Å². The molecular formula is C21H14F3N3OS. The number of aromatic nitrogens is 1. The molecular weight excluding hydrogens is 399 g/mol. The van der Waals surface area contributed by atoms with Gasteiger partial charge in [-0.15, -0.1) is 11.3 Å². The Balaban J connectivity index is 1.87. The minimum Gasteiger partial charge on any atom is -0.397 e. The number of nitrogens with one attached hydrogen (secondary N) is 1. The van der Waals surface area contributed by atoms with E-state index in [1.807, 2.05) is 0 Å². The number of rotatable bonds is 3. The van der Waals surface area contributed by atoms with Crippen LogP contribution in [0.2, 0.25) is 0 Å². The lowest BCUT2D eigenvalue weighted by Crippen LogP contribution is -2.12. The second kappa shape index (κ2) is 7.21. The first-order valence-corrected chi connectivity index (χ1v) is 9.38. The van der Waals surface area contributed by atoms with Crippen molar-refractivity contribution in [2.45, 2.75) is 6.18 Å². The predicted octanol–water partition coefficient (Wildman–Crippen LogP) is 5.82. The normalized spacial score (nSPS) is 11.6. The summed E-state index contributed by atoms with van der Waals surface area (Å²) in [5, 5.41) is 2.40. The number of fused-ring (bicyclic) bond motifs is 1. The zero-order valence-corrected chi connectivity index (χ0v) is 15.6. The molecule has 1 amide bonds. The summed E-state index contributed by atoms with van der Waals surface area (Å²) in [6.07, 6.45) is -4.65. The summed E-state index contributed by atoms with van der Waals surface area (Å²) in [4.78, 5) is 17.0. The molecule has 0 saturated carbocycles. The maximum absolute atomic E-state index is 13.8. The Bertz CT molecular complexity index is 1190. The van der Waals surface area contributed by atoms with Crippen LogP contribution >= 0.6 is 11.3 Å². The van der Waals surface area contributed by atoms with Crippen molar-refractivity contribution in [3.05, 3.63) is 77.2 Å². The third-order valence-electron chi connectivity index (χ3n) is 4.31. The molecule has 2 heterocycles. The SMILES string of the molecule is Nc1c(C(=O)Nc2ccccc2)sc2nc(-c3ccccc3)cc(C(F)(F)F)c12. The summed E-state index contributed by atoms with van der Waals surface area (Å²) in [6, 6.07) is 18.1. The van der Waals surface area contributed by atoms with E-state index in [0.717, 1.165) is 17.4 Å². The highest BCUT2D eigenvalue weighted by molar-refractivity contribution is 7.21. The molecule has 4 rings (SSSR count). The molecule has 146 valence electrons. The highest BCUT2D eigenvalue weighted by Crippen LogP contribution is 2.43. The zero-order chi connectivity index (χ0) is 20.6. The number of nitrogens with two attached hydrogens (primary N) is 1. The number of nitrogens with zero attached hydrogens (tertiary/aromatic N) is 1. The summed E-state index contributed by atoms with van der Waals surface area (Å²) in [5.74, 6) is -0.578. The van der Waals surface area contributed by atoms with Crippen molar-refractivity contribution in [1.82, 2.24) is 4.98 Å². The van der Waals surface area contributed by atoms with Gasteiger partial charge >= 0.3 is 6.18 Å². The number of hydrogen-bond donors (Lipinski definition) is 2. The number of thiophene rings is 1. The Kier molecular flexibility index (Phi) is 4.71. The fraction of sp³-hybridized carbons (Fsp3) is 0.0476. The van der Waals surface area contributed by atoms with Crippen LogP contribution < -0.4 is 11.1 Å². The Morgan fingerprint density at radius 1 is 1.00 bits per heavy atom. The van der Waals surface area contributed by atoms with E-state index in [9.17, 15) is 18.0 Å². The minimum absolute atomic E-state index is 0.00735. The number of halogens is 3. The van der Waals surface area contributed by atoms with Gasteiger partial charge in [-0.3, -0.25) is 4.79 Å². The van der Waals surface area contributed by atoms with Crippen LogP contribution in [0.3, 0.4) is 0 Å². The molecule has 0 saturated heterocycles. The first-order valence-electron chi connectivity index (χ1n) is 8.56. The lowest BCUT2D eigenvalue weighted by Gasteiger charge is -2.11. The molecule has 0 radical (unpaired) electrons. The van der Waals surface area contributed by atoms with Crippen molar-refractivity contribution in [2.75, 3.05) is 11.1 Å². The van der Waals surface area contributed by atoms with Crippen LogP contribution in [0.15, 0.2) is 66.7 Å². The Morgan fingerprint density at radius 2 is 1.62 bits per heavy atom. The molecule has 0 aliphatic carbocycles. The Hall–Kier alpha value is -3.39. The summed E-state index contributed by atoms with van der Waals surface area (Å²) in [5.41, 5.74) is 6.09. The number of carbonyl (C=O) groups excluding carboxylic acids is 1. The molecule has 3 N–H and O–H groups in total. The molecule has 0 fully saturated rings. The summed E-state index contributed by atoms with van der Waals surface area (Å²) in [7, 11) is 0. The number of nitrogen functional groups attached to an aromatic ring is 1. The van der Waals surface area contributed by atoms with E-state index in [-0.39, 0.29) is 26.5 Å². The number of alkyl halides is 3. The van der Waals surface area contributed by atoms with E-state index >= 15 is 0 Å². The molecule has 8 heteroatoms. The smallest absolute Gasteiger partial charge is 0.397 e. The van der Waals surface area contributed by atoms with E-state index < -0.39 is 17.6 Å². The van der Waals surface area contributed by atoms with Crippen LogP contribution in [0.4, 0.5) is 24.5 Å². The maximum Gasteiger partial charge on any atom is 0.417 e. The topological polar surface area (TPSA) is 68.0 Å². The molecule has 0 bridgehead atoms. The van der Waals surface area contributed by atoms with Crippen LogP contribution in [0, 0.1) is 0 Å². The minimum atomic E-state index is -4.65. The molecule has 4 aromatic rings. The standard InChI is InChI=1S/C21H14F3N3OS/c22-21(23,24)14-11-15(12-7-3-1-4-8-12)27-20-16(14)17(25)18(29-20)19(28)26-13-9-5-2-6-10-13/h1-11H,25H2,(H,26,28). The van der Waals surface area contributed by atoms with Gasteiger partial charge in [0.2, 0.25) is 0 Å². The Labute approximate surface area is 167 Å². The number of benzene rings is 2. The Morgan fingerprint density at radius 3 is 2.24 bits per heavy atom. The second-order valence-corrected chi connectivity index (χ2v) is 7.26. The van der Waals surface area contributed by atoms with Gasteiger partial charge in [0.25, 0.3) is 5.91 Å². The summed E-state index contributed by atoms with van der Waals surface area (Å²) >= 11 is 0.842. The molecule has 0 unspecified atom stereocenters. The van der Waals surface area contributed by atoms with Gasteiger partial charge in [-0.1, -0.05) is 48.5 Å². The number of anilines is 2. The van der Waals surface area contributed by atoms with Gasteiger partial charge in [0.1, 0.15) is 9.71 Å². The van der Waals surface area contributed by atoms with Gasteiger partial charge in [-0.05, 0) is 18.2 Å². The van der Waals surface area contributed by atoms with Gasteiger partial charge in [0.05, 0.1) is 16.9 Å². The van der Waals surface area contributed by atoms with Gasteiger partial charge < -0.3 is 11.1 Å². The van der Waals surface area contributed by atoms with Crippen LogP contribution in [0.5, 0.6) is 0 Å². The van der Waals surface area contributed by atoms with E-state index in [2.05, 4.69) is 10.3 Å². The third-order valence-corrected chi connectivity index (χ3v) is 5.41. The predicted molar refractivity (Wildman–Crippen MR) is 109 cm³/mol. The van der Waals surface area contributed by atoms with Crippen molar-refractivity contribution < 1.29 is 18.0 Å². The molecule has 0 atom stereocenters. The largest absolute Gasteiger partial charge is 0.417 e. The number of para-hydroxylation sites is 1. The van der Waals surface area contributed by atoms with E-state index in [1.54, 1.807) is 60.7 Å². The van der Waals surface area contributed by atoms with Gasteiger partial charge in [0, 0.05) is 16.6 Å². The average Bonchev–Trinajstić information content (AvgIpc) is 3.05. The van der Waals surface area contributed by atoms with Crippen LogP contribution in [0.25, 0.3) is 21.5 Å². The van der Waals surface area contributed by atoms with E-state index in [0.29, 0.717) is 11.3 Å². The van der Waals surface area contributed by atoms with Crippen molar-refractivity contribution in [1.29, 1.82) is 0 Å². The number of hydrogen-bond acceptors (Lipinski definition) is 4. The molecule has 0 spiro atoms. The van der Waals surface area contributed by atoms with Crippen molar-refractivity contribution in [3.8, 4) is 11.3 Å². The second-order valence-electron chi connectivity index (χ2n) is 6.26. The molecule has 0 aliphatic rings. The highest BCUT2D eigenvalue weighted by atomic mass is 32.1. The maximum atomic E-state index is 13.8. The first-order chi connectivity index (χ1) is 13.8. The third kappa shape index (κ3) is 3.66. The van der Waals surface area contributed by atoms with Crippen LogP contribution in [-0.2, 0) is 6.18 Å². The fourth-order valence-electron chi connectivity index (χ4n) is 2.98. The van der Waals surface area contributed by atoms with Gasteiger partial charge in [0.15, 0.2) is 0 Å². The summed E-state index contributed by atoms with van der Waals surface area (Å²) < 4.78 is 41.3. The highest BCUT2D eigenvalue weighted by Gasteiger charge is 2.36. The quantitative estimate of drug-likeness (QED) is 0.445. The fourth-order valence-corrected chi connectivity index (χ4v) is 3.99. The zero-order valence-electron chi connectivity index (χ0n) is 14.8. The first kappa shape index (κ1) is 18.9. The number of carbonyl (C=O) groups is 1. The molecule has 29 heavy (non-hydrogen) atoms. The van der Waals surface area contributed by atoms with E-state index in [1.165, 1.54) is 0 Å². The molecule has 4 nitrogen and oxygen atoms in total. The van der Waals surface area contributed by atoms with Crippen molar-refractivity contribution in [2.24, 2.45) is 0 Å². The van der Waals surface area contributed by atoms with Gasteiger partial charge in [-0.2, -0.15) is 13.2 Å². The van der Waals surface area contributed by atoms with Crippen molar-refractivity contribution >= 4 is 38.8 Å². The molecule has 2 aromatic heterocycles. The lowest BCUT2D eigenvalue weighted by molar-refractivity contribution is -0.136. The molecule has 0 aliphatic heterocycles. The number of pyridine rings is 1. The van der Waals surface area contributed by atoms with E-state index in [4.69, 9.17) is 5.73 Å². The average molecular weight is 413 g/mol. The molecule has 2 aromatic carbocycles. The summed E-state index contributed by atoms with van der Waals surface area (Å²) in [6.45, 7) is 0.